The molecule has 0 aliphatic carbocycles. The molecule has 5 unspecified atom stereocenters. The standard InChI is InChI=1S/C17H8N4O5.C15H23N3O2.C8H19N3O4.4C8H8O2/c22-6-18-12-2-10-1-11-3-13(19-7-23)5-15(21-9-25)17(11)26-16(10)14(4-12)20-8-24;19-15(20)14-8-12-7-13(9-14)11-18-6-2-4-16-3-1-5-17-10-12;9-1-2-14-8-5(11)7(13)6(12)4(3-10)15-8;4*1-6-2-4-7(5-3-6)8(9)10/h2-6H,1H2,(H,18,22);7-9,16-18H,1-6,10-11H2,(H,19,20);4-8,12-13H,1-3,9-11H2;4*2-5H,1H3,(H,9,10). The number of carbonyl (C=O) groups is 6. The van der Waals surface area contributed by atoms with Gasteiger partial charge in [-0.25, -0.2) is 38.4 Å². The van der Waals surface area contributed by atoms with Crippen LogP contribution in [0.1, 0.15) is 109 Å². The number of aliphatic hydroxyl groups is 2. The summed E-state index contributed by atoms with van der Waals surface area (Å²) >= 11 is 0. The van der Waals surface area contributed by atoms with Gasteiger partial charge in [0.2, 0.25) is 24.6 Å². The number of benzene rings is 7. The number of carboxylic acid groups (broad SMARTS) is 5. The average molecular weight is 1390 g/mol. The van der Waals surface area contributed by atoms with Crippen LogP contribution >= 0.6 is 0 Å². The number of hydrogen-bond acceptors (Lipinski definition) is 23. The fourth-order valence-corrected chi connectivity index (χ4v) is 9.29. The molecule has 1 saturated heterocycles. The number of aromatic carboxylic acids is 5. The zero-order valence-electron chi connectivity index (χ0n) is 55.8. The van der Waals surface area contributed by atoms with Gasteiger partial charge in [0, 0.05) is 49.4 Å². The number of nitrogens with two attached hydrogens (primary N) is 3. The van der Waals surface area contributed by atoms with Crippen molar-refractivity contribution in [2.45, 2.75) is 90.7 Å². The number of anilines is 1. The molecule has 1 amide bonds. The van der Waals surface area contributed by atoms with Crippen LogP contribution in [0.2, 0.25) is 0 Å². The average Bonchev–Trinajstić information content (AvgIpc) is 0.766. The summed E-state index contributed by atoms with van der Waals surface area (Å²) in [5.41, 5.74) is 26.5. The van der Waals surface area contributed by atoms with Crippen molar-refractivity contribution < 1.29 is 93.1 Å². The van der Waals surface area contributed by atoms with E-state index in [1.54, 1.807) is 121 Å². The number of carboxylic acids is 5. The van der Waals surface area contributed by atoms with Crippen molar-refractivity contribution in [2.24, 2.45) is 32.2 Å². The molecular weight excluding hydrogens is 1310 g/mol. The first kappa shape index (κ1) is 82.3. The van der Waals surface area contributed by atoms with Gasteiger partial charge in [0.05, 0.1) is 46.2 Å². The van der Waals surface area contributed by atoms with E-state index in [4.69, 9.17) is 51.8 Å². The van der Waals surface area contributed by atoms with Crippen LogP contribution in [0, 0.1) is 27.7 Å². The lowest BCUT2D eigenvalue weighted by atomic mass is 9.97. The molecule has 29 heteroatoms. The predicted octanol–water partition coefficient (Wildman–Crippen LogP) is 7.27. The number of aliphatic hydroxyl groups excluding tert-OH is 2. The molecule has 10 rings (SSSR count). The van der Waals surface area contributed by atoms with Crippen LogP contribution in [0.25, 0.3) is 0 Å². The van der Waals surface area contributed by atoms with Crippen LogP contribution in [0.15, 0.2) is 155 Å². The first-order valence-electron chi connectivity index (χ1n) is 31.3. The van der Waals surface area contributed by atoms with Crippen molar-refractivity contribution in [1.29, 1.82) is 0 Å². The lowest BCUT2D eigenvalue weighted by Gasteiger charge is -2.40. The molecule has 0 saturated carbocycles. The Labute approximate surface area is 581 Å². The number of isocyanates is 3. The molecule has 0 radical (unpaired) electrons. The maximum absolute atomic E-state index is 11.2. The van der Waals surface area contributed by atoms with Crippen LogP contribution < -0.4 is 43.2 Å². The summed E-state index contributed by atoms with van der Waals surface area (Å²) in [6.45, 7) is 13.7. The van der Waals surface area contributed by atoms with E-state index in [1.165, 1.54) is 30.4 Å². The largest absolute Gasteiger partial charge is 0.478 e. The molecule has 0 aromatic heterocycles. The molecule has 17 N–H and O–H groups in total. The minimum atomic E-state index is -1.10. The molecule has 7 aromatic rings. The number of ether oxygens (including phenoxy) is 3. The van der Waals surface area contributed by atoms with E-state index in [0.29, 0.717) is 77.1 Å². The lowest BCUT2D eigenvalue weighted by molar-refractivity contribution is -0.256. The van der Waals surface area contributed by atoms with Crippen LogP contribution in [0.4, 0.5) is 22.7 Å². The van der Waals surface area contributed by atoms with Crippen LogP contribution in [0.3, 0.4) is 0 Å². The number of aliphatic imine (C=N–C) groups is 3. The summed E-state index contributed by atoms with van der Waals surface area (Å²) in [7, 11) is 0. The topological polar surface area (TPSA) is 486 Å². The van der Waals surface area contributed by atoms with Gasteiger partial charge in [0.1, 0.15) is 29.7 Å². The van der Waals surface area contributed by atoms with Gasteiger partial charge in [-0.15, -0.1) is 0 Å². The second kappa shape index (κ2) is 44.0. The Bertz CT molecular complexity index is 3760. The van der Waals surface area contributed by atoms with Crippen LogP contribution in [0.5, 0.6) is 11.5 Å². The highest BCUT2D eigenvalue weighted by atomic mass is 16.7. The molecule has 29 nitrogen and oxygen atoms in total. The number of nitrogens with zero attached hydrogens (tertiary/aromatic N) is 3. The summed E-state index contributed by atoms with van der Waals surface area (Å²) in [6, 6.07) is 37.8. The highest BCUT2D eigenvalue weighted by molar-refractivity contribution is 5.90. The highest BCUT2D eigenvalue weighted by Gasteiger charge is 2.42. The fourth-order valence-electron chi connectivity index (χ4n) is 9.29. The van der Waals surface area contributed by atoms with Gasteiger partial charge in [0.25, 0.3) is 0 Å². The zero-order valence-corrected chi connectivity index (χ0v) is 55.8. The summed E-state index contributed by atoms with van der Waals surface area (Å²) in [5, 5.41) is 74.8. The first-order chi connectivity index (χ1) is 48.4. The number of nitrogens with one attached hydrogen (secondary N) is 4. The number of amides is 1. The van der Waals surface area contributed by atoms with E-state index in [-0.39, 0.29) is 41.7 Å². The number of rotatable bonds is 14. The second-order valence-corrected chi connectivity index (χ2v) is 22.4. The minimum absolute atomic E-state index is 0.0907. The van der Waals surface area contributed by atoms with E-state index in [0.717, 1.165) is 72.4 Å². The van der Waals surface area contributed by atoms with E-state index >= 15 is 0 Å². The third kappa shape index (κ3) is 28.7. The monoisotopic (exact) mass is 1390 g/mol. The van der Waals surface area contributed by atoms with E-state index < -0.39 is 60.5 Å². The van der Waals surface area contributed by atoms with E-state index in [9.17, 15) is 58.5 Å². The normalized spacial score (nSPS) is 16.2. The van der Waals surface area contributed by atoms with Gasteiger partial charge in [-0.1, -0.05) is 76.9 Å². The quantitative estimate of drug-likeness (QED) is 0.0289. The lowest BCUT2D eigenvalue weighted by Crippen LogP contribution is -2.63. The summed E-state index contributed by atoms with van der Waals surface area (Å²) < 4.78 is 16.3. The predicted molar refractivity (Wildman–Crippen MR) is 373 cm³/mol. The number of carbonyl (C=O) groups excluding carboxylic acids is 4. The molecule has 101 heavy (non-hydrogen) atoms. The maximum atomic E-state index is 11.2. The van der Waals surface area contributed by atoms with Crippen molar-refractivity contribution >= 4 is 77.2 Å². The van der Waals surface area contributed by atoms with Crippen molar-refractivity contribution in [3.63, 3.8) is 0 Å². The Morgan fingerprint density at radius 1 is 0.545 bits per heavy atom. The molecular formula is C72H82N10O19. The Morgan fingerprint density at radius 3 is 1.32 bits per heavy atom. The molecule has 2 bridgehead atoms. The second-order valence-electron chi connectivity index (χ2n) is 22.4. The van der Waals surface area contributed by atoms with Gasteiger partial charge in [-0.2, -0.15) is 15.0 Å². The van der Waals surface area contributed by atoms with Crippen molar-refractivity contribution in [1.82, 2.24) is 16.0 Å². The fraction of sp³-hybridized carbons (Fsp3) is 0.292. The highest BCUT2D eigenvalue weighted by Crippen LogP contribution is 2.49. The summed E-state index contributed by atoms with van der Waals surface area (Å²) in [6.07, 6.45) is 3.58. The number of hydrogen-bond donors (Lipinski definition) is 14. The van der Waals surface area contributed by atoms with E-state index in [2.05, 4.69) is 42.3 Å². The van der Waals surface area contributed by atoms with E-state index in [1.807, 2.05) is 27.7 Å². The first-order valence-corrected chi connectivity index (χ1v) is 31.3. The minimum Gasteiger partial charge on any atom is -0.478 e. The molecule has 7 aromatic carbocycles. The van der Waals surface area contributed by atoms with Crippen molar-refractivity contribution in [3.8, 4) is 11.5 Å². The SMILES string of the molecule is Cc1ccc(C(=O)O)cc1.Cc1ccc(C(=O)O)cc1.Cc1ccc(C(=O)O)cc1.Cc1ccc(C(=O)O)cc1.NCCOC1OC(CN)C(O)C(O)C1N.O=C(O)c1cc2cc(c1)CNCCCNCCCNC2.O=C=Nc1cc2c(c(N=C=O)c1)Oc1c(cc(NC=O)cc1N=C=O)C2. The Hall–Kier alpha value is -11.1. The van der Waals surface area contributed by atoms with Crippen molar-refractivity contribution in [2.75, 3.05) is 51.2 Å². The molecule has 5 atom stereocenters. The maximum Gasteiger partial charge on any atom is 0.335 e. The van der Waals surface area contributed by atoms with Gasteiger partial charge >= 0.3 is 29.8 Å². The van der Waals surface area contributed by atoms with Gasteiger partial charge in [0.15, 0.2) is 17.8 Å². The zero-order chi connectivity index (χ0) is 74.4. The van der Waals surface area contributed by atoms with Gasteiger partial charge in [-0.3, -0.25) is 4.79 Å². The molecule has 1 fully saturated rings. The molecule has 534 valence electrons. The number of fused-ring (bicyclic) bond motifs is 4. The molecule has 0 spiro atoms. The van der Waals surface area contributed by atoms with Crippen molar-refractivity contribution in [3.05, 3.63) is 212 Å². The number of aryl methyl sites for hydroxylation is 4. The Kier molecular flexibility index (Phi) is 35.9. The molecule has 3 aliphatic heterocycles. The molecule has 3 aliphatic rings. The Morgan fingerprint density at radius 2 is 0.941 bits per heavy atom. The van der Waals surface area contributed by atoms with Gasteiger partial charge < -0.3 is 88.4 Å². The van der Waals surface area contributed by atoms with Crippen LogP contribution in [-0.2, 0) is 48.2 Å². The van der Waals surface area contributed by atoms with Crippen LogP contribution in [-0.4, -0.2) is 167 Å². The molecule has 3 heterocycles. The third-order valence-electron chi connectivity index (χ3n) is 14.5. The summed E-state index contributed by atoms with van der Waals surface area (Å²) in [5.74, 6) is -3.84. The third-order valence-corrected chi connectivity index (χ3v) is 14.5. The Balaban J connectivity index is 0.000000259. The summed E-state index contributed by atoms with van der Waals surface area (Å²) in [4.78, 5) is 106. The smallest absolute Gasteiger partial charge is 0.335 e. The van der Waals surface area contributed by atoms with Gasteiger partial charge in [-0.05, 0) is 163 Å².